The van der Waals surface area contributed by atoms with Crippen LogP contribution in [-0.2, 0) is 4.79 Å². The number of thiol groups is 1. The van der Waals surface area contributed by atoms with Gasteiger partial charge in [-0.15, -0.1) is 0 Å². The quantitative estimate of drug-likeness (QED) is 0.312. The number of hydrogen-bond acceptors (Lipinski definition) is 3. The molecule has 0 saturated carbocycles. The molecule has 0 heterocycles. The van der Waals surface area contributed by atoms with Gasteiger partial charge < -0.3 is 4.90 Å². The van der Waals surface area contributed by atoms with E-state index in [4.69, 9.17) is 5.26 Å². The summed E-state index contributed by atoms with van der Waals surface area (Å²) in [6.45, 7) is 0. The average Bonchev–Trinajstić information content (AvgIpc) is 1.69. The molecule has 0 N–H and O–H groups in total. The molecule has 0 saturated heterocycles. The van der Waals surface area contributed by atoms with E-state index in [0.717, 1.165) is 6.41 Å². The molecule has 0 bridgehead atoms. The summed E-state index contributed by atoms with van der Waals surface area (Å²) in [6, 6.07) is 0. The van der Waals surface area contributed by atoms with Gasteiger partial charge in [0.15, 0.2) is 0 Å². The monoisotopic (exact) mass is 132 g/mol. The first kappa shape index (κ1) is 10.3. The predicted molar refractivity (Wildman–Crippen MR) is 34.3 cm³/mol. The lowest BCUT2D eigenvalue weighted by Crippen LogP contribution is -2.06. The lowest BCUT2D eigenvalue weighted by atomic mass is 11.0. The van der Waals surface area contributed by atoms with Crippen molar-refractivity contribution in [3.05, 3.63) is 0 Å². The minimum atomic E-state index is 0.750. The minimum Gasteiger partial charge on any atom is -0.351 e. The molecule has 0 spiro atoms. The zero-order valence-corrected chi connectivity index (χ0v) is 5.72. The molecular formula is C4H8N2OS. The second-order valence-corrected chi connectivity index (χ2v) is 1.37. The van der Waals surface area contributed by atoms with E-state index in [0.29, 0.717) is 0 Å². The van der Waals surface area contributed by atoms with Crippen LogP contribution >= 0.6 is 12.6 Å². The van der Waals surface area contributed by atoms with Crippen LogP contribution in [0.3, 0.4) is 0 Å². The Hall–Kier alpha value is -0.690. The zero-order chi connectivity index (χ0) is 6.99. The second kappa shape index (κ2) is 9.58. The summed E-state index contributed by atoms with van der Waals surface area (Å²) in [7, 11) is 3.38. The topological polar surface area (TPSA) is 44.1 Å². The van der Waals surface area contributed by atoms with Crippen LogP contribution in [0.25, 0.3) is 0 Å². The molecule has 0 aromatic carbocycles. The van der Waals surface area contributed by atoms with Crippen LogP contribution in [0.2, 0.25) is 0 Å². The third-order valence-electron chi connectivity index (χ3n) is 0.211. The highest BCUT2D eigenvalue weighted by Crippen LogP contribution is 1.52. The van der Waals surface area contributed by atoms with Crippen LogP contribution in [0.1, 0.15) is 0 Å². The van der Waals surface area contributed by atoms with Crippen molar-refractivity contribution in [1.82, 2.24) is 4.90 Å². The Bertz CT molecular complexity index is 86.5. The van der Waals surface area contributed by atoms with E-state index in [-0.39, 0.29) is 0 Å². The Kier molecular flexibility index (Phi) is 12.4. The molecule has 0 aromatic rings. The molecule has 0 aromatic heterocycles. The fourth-order valence-corrected chi connectivity index (χ4v) is 0. The Morgan fingerprint density at radius 1 is 1.75 bits per heavy atom. The molecule has 0 unspecified atom stereocenters. The molecule has 0 aliphatic rings. The van der Waals surface area contributed by atoms with Crippen molar-refractivity contribution >= 4 is 19.0 Å². The zero-order valence-electron chi connectivity index (χ0n) is 4.83. The first-order chi connectivity index (χ1) is 3.68. The fraction of sp³-hybridized carbons (Fsp3) is 0.500. The largest absolute Gasteiger partial charge is 0.351 e. The van der Waals surface area contributed by atoms with Gasteiger partial charge in [0.25, 0.3) is 0 Å². The molecule has 0 atom stereocenters. The van der Waals surface area contributed by atoms with E-state index in [1.165, 1.54) is 10.3 Å². The summed E-state index contributed by atoms with van der Waals surface area (Å²) in [5.74, 6) is 0. The van der Waals surface area contributed by atoms with Crippen LogP contribution in [-0.4, -0.2) is 25.4 Å². The van der Waals surface area contributed by atoms with E-state index >= 15 is 0 Å². The average molecular weight is 132 g/mol. The van der Waals surface area contributed by atoms with Crippen LogP contribution in [0.5, 0.6) is 0 Å². The highest BCUT2D eigenvalue weighted by atomic mass is 32.1. The highest BCUT2D eigenvalue weighted by Gasteiger charge is 1.68. The van der Waals surface area contributed by atoms with Crippen molar-refractivity contribution in [1.29, 1.82) is 5.26 Å². The lowest BCUT2D eigenvalue weighted by Gasteiger charge is -1.93. The molecule has 0 aliphatic carbocycles. The van der Waals surface area contributed by atoms with Gasteiger partial charge in [-0.1, -0.05) is 12.6 Å². The van der Waals surface area contributed by atoms with Crippen LogP contribution in [0, 0.1) is 10.7 Å². The molecule has 0 fully saturated rings. The normalized spacial score (nSPS) is 5.25. The maximum atomic E-state index is 9.43. The number of carbonyl (C=O) groups excluding carboxylic acids is 1. The SMILES string of the molecule is CN(C)C=O.N#CS. The van der Waals surface area contributed by atoms with Crippen molar-refractivity contribution in [2.45, 2.75) is 0 Å². The summed E-state index contributed by atoms with van der Waals surface area (Å²) < 4.78 is 0. The first-order valence-corrected chi connectivity index (χ1v) is 2.28. The van der Waals surface area contributed by atoms with Gasteiger partial charge in [0.05, 0.1) is 0 Å². The fourth-order valence-electron chi connectivity index (χ4n) is 0. The van der Waals surface area contributed by atoms with Crippen molar-refractivity contribution in [3.8, 4) is 5.40 Å². The van der Waals surface area contributed by atoms with E-state index in [2.05, 4.69) is 12.6 Å². The van der Waals surface area contributed by atoms with Gasteiger partial charge in [0.2, 0.25) is 6.41 Å². The molecular weight excluding hydrogens is 124 g/mol. The molecule has 0 aliphatic heterocycles. The summed E-state index contributed by atoms with van der Waals surface area (Å²) in [6.07, 6.45) is 0.750. The number of carbonyl (C=O) groups is 1. The number of rotatable bonds is 1. The number of nitriles is 1. The van der Waals surface area contributed by atoms with E-state index < -0.39 is 0 Å². The summed E-state index contributed by atoms with van der Waals surface area (Å²) >= 11 is 3.09. The molecule has 1 amide bonds. The first-order valence-electron chi connectivity index (χ1n) is 1.84. The molecule has 46 valence electrons. The predicted octanol–water partition coefficient (Wildman–Crippen LogP) is 0.102. The summed E-state index contributed by atoms with van der Waals surface area (Å²) in [5, 5.41) is 8.63. The molecule has 8 heavy (non-hydrogen) atoms. The molecule has 4 heteroatoms. The van der Waals surface area contributed by atoms with Crippen molar-refractivity contribution < 1.29 is 4.79 Å². The van der Waals surface area contributed by atoms with Gasteiger partial charge in [0.1, 0.15) is 5.40 Å². The van der Waals surface area contributed by atoms with E-state index in [1.54, 1.807) is 14.1 Å². The van der Waals surface area contributed by atoms with Crippen LogP contribution < -0.4 is 0 Å². The van der Waals surface area contributed by atoms with Gasteiger partial charge >= 0.3 is 0 Å². The Labute approximate surface area is 54.3 Å². The molecule has 3 nitrogen and oxygen atoms in total. The van der Waals surface area contributed by atoms with Crippen molar-refractivity contribution in [2.75, 3.05) is 14.1 Å². The minimum absolute atomic E-state index is 0.750. The smallest absolute Gasteiger partial charge is 0.209 e. The van der Waals surface area contributed by atoms with E-state index in [1.807, 2.05) is 0 Å². The van der Waals surface area contributed by atoms with Gasteiger partial charge in [0, 0.05) is 14.1 Å². The molecule has 0 radical (unpaired) electrons. The van der Waals surface area contributed by atoms with Crippen LogP contribution in [0.15, 0.2) is 0 Å². The standard InChI is InChI=1S/C3H7NO.CHNS/c1-4(2)3-5;2-1-3/h3H,1-2H3;3H. The number of amides is 1. The van der Waals surface area contributed by atoms with Gasteiger partial charge in [-0.25, -0.2) is 0 Å². The Morgan fingerprint density at radius 2 is 1.88 bits per heavy atom. The van der Waals surface area contributed by atoms with E-state index in [9.17, 15) is 4.79 Å². The highest BCUT2D eigenvalue weighted by molar-refractivity contribution is 7.85. The maximum Gasteiger partial charge on any atom is 0.209 e. The Balaban J connectivity index is 0. The molecule has 0 rings (SSSR count). The third kappa shape index (κ3) is 57.5. The van der Waals surface area contributed by atoms with Gasteiger partial charge in [-0.05, 0) is 0 Å². The summed E-state index contributed by atoms with van der Waals surface area (Å²) in [5.41, 5.74) is 0. The maximum absolute atomic E-state index is 9.43. The van der Waals surface area contributed by atoms with Crippen molar-refractivity contribution in [3.63, 3.8) is 0 Å². The van der Waals surface area contributed by atoms with Crippen molar-refractivity contribution in [2.24, 2.45) is 0 Å². The second-order valence-electron chi connectivity index (χ2n) is 1.17. The lowest BCUT2D eigenvalue weighted by molar-refractivity contribution is -0.115. The Morgan fingerprint density at radius 3 is 1.88 bits per heavy atom. The van der Waals surface area contributed by atoms with Gasteiger partial charge in [-0.3, -0.25) is 4.79 Å². The van der Waals surface area contributed by atoms with Gasteiger partial charge in [-0.2, -0.15) is 5.26 Å². The number of hydrogen-bond donors (Lipinski definition) is 1. The third-order valence-corrected chi connectivity index (χ3v) is 0.211. The summed E-state index contributed by atoms with van der Waals surface area (Å²) in [4.78, 5) is 10.9. The van der Waals surface area contributed by atoms with Crippen LogP contribution in [0.4, 0.5) is 0 Å². The number of nitrogens with zero attached hydrogens (tertiary/aromatic N) is 2. The number of thiocyanates is 1.